The number of phenolic OH excluding ortho intramolecular Hbond substituents is 1. The number of amidine groups is 1. The molecule has 28 heavy (non-hydrogen) atoms. The van der Waals surface area contributed by atoms with E-state index >= 15 is 0 Å². The quantitative estimate of drug-likeness (QED) is 0.578. The summed E-state index contributed by atoms with van der Waals surface area (Å²) in [7, 11) is 0. The molecule has 4 rings (SSSR count). The monoisotopic (exact) mass is 436 g/mol. The zero-order valence-electron chi connectivity index (χ0n) is 14.5. The van der Waals surface area contributed by atoms with Gasteiger partial charge < -0.3 is 5.11 Å². The number of benzene rings is 3. The molecule has 1 aliphatic rings. The lowest BCUT2D eigenvalue weighted by Gasteiger charge is -2.18. The minimum atomic E-state index is -0.365. The van der Waals surface area contributed by atoms with Crippen LogP contribution in [0.2, 0.25) is 0 Å². The van der Waals surface area contributed by atoms with Crippen LogP contribution in [0.25, 0.3) is 6.08 Å². The highest BCUT2D eigenvalue weighted by Crippen LogP contribution is 2.29. The van der Waals surface area contributed by atoms with Crippen LogP contribution in [-0.2, 0) is 4.79 Å². The van der Waals surface area contributed by atoms with Crippen LogP contribution in [0.3, 0.4) is 0 Å². The first kappa shape index (κ1) is 18.1. The number of hydrogen-bond donors (Lipinski definition) is 1. The Morgan fingerprint density at radius 1 is 0.929 bits per heavy atom. The molecular formula is C22H14BrFN2O2. The fourth-order valence-corrected chi connectivity index (χ4v) is 3.13. The molecule has 1 amide bonds. The van der Waals surface area contributed by atoms with E-state index in [1.165, 1.54) is 29.2 Å². The predicted molar refractivity (Wildman–Crippen MR) is 111 cm³/mol. The molecule has 0 bridgehead atoms. The summed E-state index contributed by atoms with van der Waals surface area (Å²) in [6.45, 7) is 0. The van der Waals surface area contributed by atoms with Crippen LogP contribution in [0.1, 0.15) is 11.1 Å². The van der Waals surface area contributed by atoms with Gasteiger partial charge in [0.05, 0.1) is 5.69 Å². The Morgan fingerprint density at radius 2 is 1.57 bits per heavy atom. The van der Waals surface area contributed by atoms with E-state index in [2.05, 4.69) is 20.9 Å². The van der Waals surface area contributed by atoms with Crippen LogP contribution in [0.4, 0.5) is 10.1 Å². The van der Waals surface area contributed by atoms with Gasteiger partial charge in [-0.15, -0.1) is 0 Å². The maximum Gasteiger partial charge on any atom is 0.282 e. The van der Waals surface area contributed by atoms with Gasteiger partial charge in [0.15, 0.2) is 0 Å². The summed E-state index contributed by atoms with van der Waals surface area (Å²) < 4.78 is 14.3. The molecule has 0 spiro atoms. The van der Waals surface area contributed by atoms with E-state index in [4.69, 9.17) is 0 Å². The SMILES string of the molecule is O=C1/C(=C/c2ccc(Br)cc2)N=C(c2ccc(F)cc2)N1c1ccc(O)cc1. The van der Waals surface area contributed by atoms with Crippen molar-refractivity contribution in [2.24, 2.45) is 4.99 Å². The smallest absolute Gasteiger partial charge is 0.282 e. The normalized spacial score (nSPS) is 15.2. The lowest BCUT2D eigenvalue weighted by molar-refractivity contribution is -0.113. The van der Waals surface area contributed by atoms with E-state index in [1.807, 2.05) is 24.3 Å². The van der Waals surface area contributed by atoms with Crippen molar-refractivity contribution < 1.29 is 14.3 Å². The Bertz CT molecular complexity index is 1090. The van der Waals surface area contributed by atoms with E-state index in [-0.39, 0.29) is 23.2 Å². The molecule has 1 heterocycles. The first-order valence-electron chi connectivity index (χ1n) is 8.47. The number of rotatable bonds is 3. The maximum absolute atomic E-state index is 13.3. The van der Waals surface area contributed by atoms with E-state index in [9.17, 15) is 14.3 Å². The van der Waals surface area contributed by atoms with Crippen LogP contribution < -0.4 is 4.90 Å². The molecule has 0 radical (unpaired) electrons. The van der Waals surface area contributed by atoms with Gasteiger partial charge in [0.25, 0.3) is 5.91 Å². The van der Waals surface area contributed by atoms with E-state index in [1.54, 1.807) is 30.3 Å². The molecule has 0 aromatic heterocycles. The van der Waals surface area contributed by atoms with Crippen molar-refractivity contribution >= 4 is 39.4 Å². The number of halogens is 2. The fraction of sp³-hybridized carbons (Fsp3) is 0. The summed E-state index contributed by atoms with van der Waals surface area (Å²) in [6, 6.07) is 19.6. The van der Waals surface area contributed by atoms with Gasteiger partial charge in [-0.1, -0.05) is 28.1 Å². The highest BCUT2D eigenvalue weighted by atomic mass is 79.9. The minimum Gasteiger partial charge on any atom is -0.508 e. The number of carbonyl (C=O) groups excluding carboxylic acids is 1. The highest BCUT2D eigenvalue weighted by molar-refractivity contribution is 9.10. The number of aliphatic imine (C=N–C) groups is 1. The first-order valence-corrected chi connectivity index (χ1v) is 9.26. The molecule has 6 heteroatoms. The summed E-state index contributed by atoms with van der Waals surface area (Å²) in [5.41, 5.74) is 2.28. The van der Waals surface area contributed by atoms with E-state index < -0.39 is 0 Å². The van der Waals surface area contributed by atoms with Crippen molar-refractivity contribution in [3.05, 3.63) is 99.9 Å². The molecular weight excluding hydrogens is 423 g/mol. The van der Waals surface area contributed by atoms with Gasteiger partial charge in [-0.25, -0.2) is 9.38 Å². The van der Waals surface area contributed by atoms with E-state index in [0.29, 0.717) is 17.1 Å². The van der Waals surface area contributed by atoms with Gasteiger partial charge in [0.1, 0.15) is 23.1 Å². The van der Waals surface area contributed by atoms with Crippen molar-refractivity contribution in [1.82, 2.24) is 0 Å². The number of anilines is 1. The third kappa shape index (κ3) is 3.59. The average Bonchev–Trinajstić information content (AvgIpc) is 3.01. The fourth-order valence-electron chi connectivity index (χ4n) is 2.87. The maximum atomic E-state index is 13.3. The average molecular weight is 437 g/mol. The Hall–Kier alpha value is -3.25. The Labute approximate surface area is 169 Å². The number of phenols is 1. The third-order valence-corrected chi connectivity index (χ3v) is 4.77. The van der Waals surface area contributed by atoms with Gasteiger partial charge in [-0.2, -0.15) is 0 Å². The number of nitrogens with zero attached hydrogens (tertiary/aromatic N) is 2. The molecule has 3 aromatic rings. The van der Waals surface area contributed by atoms with Gasteiger partial charge in [-0.3, -0.25) is 9.69 Å². The molecule has 1 aliphatic heterocycles. The number of hydrogen-bond acceptors (Lipinski definition) is 3. The zero-order valence-corrected chi connectivity index (χ0v) is 16.1. The molecule has 0 unspecified atom stereocenters. The van der Waals surface area contributed by atoms with E-state index in [0.717, 1.165) is 10.0 Å². The third-order valence-electron chi connectivity index (χ3n) is 4.24. The van der Waals surface area contributed by atoms with Crippen molar-refractivity contribution in [3.63, 3.8) is 0 Å². The van der Waals surface area contributed by atoms with Crippen molar-refractivity contribution in [1.29, 1.82) is 0 Å². The van der Waals surface area contributed by atoms with Crippen molar-refractivity contribution in [2.75, 3.05) is 4.90 Å². The van der Waals surface area contributed by atoms with Crippen LogP contribution in [0, 0.1) is 5.82 Å². The lowest BCUT2D eigenvalue weighted by atomic mass is 10.1. The minimum absolute atomic E-state index is 0.0984. The molecule has 138 valence electrons. The summed E-state index contributed by atoms with van der Waals surface area (Å²) >= 11 is 3.39. The molecule has 0 saturated carbocycles. The summed E-state index contributed by atoms with van der Waals surface area (Å²) in [4.78, 5) is 19.1. The first-order chi connectivity index (χ1) is 13.5. The molecule has 3 aromatic carbocycles. The lowest BCUT2D eigenvalue weighted by Crippen LogP contribution is -2.32. The summed E-state index contributed by atoms with van der Waals surface area (Å²) in [5, 5.41) is 9.56. The molecule has 0 atom stereocenters. The highest BCUT2D eigenvalue weighted by Gasteiger charge is 2.32. The van der Waals surface area contributed by atoms with Crippen LogP contribution in [0.5, 0.6) is 5.75 Å². The second-order valence-corrected chi connectivity index (χ2v) is 7.10. The largest absolute Gasteiger partial charge is 0.508 e. The van der Waals surface area contributed by atoms with Gasteiger partial charge in [-0.05, 0) is 72.3 Å². The number of aromatic hydroxyl groups is 1. The van der Waals surface area contributed by atoms with Crippen LogP contribution >= 0.6 is 15.9 Å². The standard InChI is InChI=1S/C22H14BrFN2O2/c23-16-5-1-14(2-6-16)13-20-22(28)26(18-9-11-19(27)12-10-18)21(25-20)15-3-7-17(24)8-4-15/h1-13,27H/b20-13-. The zero-order chi connectivity index (χ0) is 19.7. The van der Waals surface area contributed by atoms with Crippen LogP contribution in [0.15, 0.2) is 88.0 Å². The Balaban J connectivity index is 1.81. The van der Waals surface area contributed by atoms with Crippen molar-refractivity contribution in [3.8, 4) is 5.75 Å². The number of carbonyl (C=O) groups is 1. The van der Waals surface area contributed by atoms with Crippen LogP contribution in [-0.4, -0.2) is 16.8 Å². The molecule has 0 fully saturated rings. The van der Waals surface area contributed by atoms with Crippen molar-refractivity contribution in [2.45, 2.75) is 0 Å². The Morgan fingerprint density at radius 3 is 2.21 bits per heavy atom. The molecule has 1 N–H and O–H groups in total. The number of amides is 1. The summed E-state index contributed by atoms with van der Waals surface area (Å²) in [6.07, 6.45) is 1.71. The van der Waals surface area contributed by atoms with Gasteiger partial charge in [0.2, 0.25) is 0 Å². The summed E-state index contributed by atoms with van der Waals surface area (Å²) in [5.74, 6) is -0.163. The molecule has 0 aliphatic carbocycles. The second kappa shape index (κ2) is 7.40. The topological polar surface area (TPSA) is 52.9 Å². The second-order valence-electron chi connectivity index (χ2n) is 6.18. The van der Waals surface area contributed by atoms with Gasteiger partial charge >= 0.3 is 0 Å². The molecule has 4 nitrogen and oxygen atoms in total. The van der Waals surface area contributed by atoms with Gasteiger partial charge in [0, 0.05) is 10.0 Å². The predicted octanol–water partition coefficient (Wildman–Crippen LogP) is 5.13. The molecule has 0 saturated heterocycles. The Kier molecular flexibility index (Phi) is 4.79.